The van der Waals surface area contributed by atoms with Gasteiger partial charge in [0, 0.05) is 5.69 Å². The first-order chi connectivity index (χ1) is 16.3. The summed E-state index contributed by atoms with van der Waals surface area (Å²) in [5.41, 5.74) is 7.71. The van der Waals surface area contributed by atoms with Crippen LogP contribution in [-0.4, -0.2) is 24.6 Å². The second kappa shape index (κ2) is 11.7. The Bertz CT molecular complexity index is 1170. The van der Waals surface area contributed by atoms with E-state index in [4.69, 9.17) is 9.47 Å². The lowest BCUT2D eigenvalue weighted by Gasteiger charge is -2.13. The summed E-state index contributed by atoms with van der Waals surface area (Å²) in [4.78, 5) is 24.2. The molecule has 34 heavy (non-hydrogen) atoms. The number of benzene rings is 3. The summed E-state index contributed by atoms with van der Waals surface area (Å²) in [6.07, 6.45) is 1.44. The van der Waals surface area contributed by atoms with Crippen molar-refractivity contribution < 1.29 is 19.1 Å². The van der Waals surface area contributed by atoms with E-state index in [-0.39, 0.29) is 0 Å². The molecule has 0 radical (unpaired) electrons. The minimum Gasteiger partial charge on any atom is -0.490 e. The van der Waals surface area contributed by atoms with E-state index in [1.165, 1.54) is 11.8 Å². The molecule has 0 saturated heterocycles. The van der Waals surface area contributed by atoms with Crippen LogP contribution in [-0.2, 0) is 16.2 Å². The molecule has 2 N–H and O–H groups in total. The molecule has 0 atom stereocenters. The van der Waals surface area contributed by atoms with Crippen LogP contribution in [0.4, 0.5) is 5.69 Å². The van der Waals surface area contributed by atoms with Crippen molar-refractivity contribution in [2.75, 3.05) is 11.9 Å². The highest BCUT2D eigenvalue weighted by atomic mass is 16.5. The average Bonchev–Trinajstić information content (AvgIpc) is 2.79. The van der Waals surface area contributed by atoms with E-state index in [2.05, 4.69) is 15.8 Å². The predicted octanol–water partition coefficient (Wildman–Crippen LogP) is 4.68. The van der Waals surface area contributed by atoms with E-state index in [0.717, 1.165) is 16.7 Å². The Labute approximate surface area is 199 Å². The van der Waals surface area contributed by atoms with Gasteiger partial charge in [0.05, 0.1) is 12.8 Å². The van der Waals surface area contributed by atoms with Crippen molar-refractivity contribution in [2.45, 2.75) is 34.3 Å². The van der Waals surface area contributed by atoms with Gasteiger partial charge in [0.1, 0.15) is 6.61 Å². The second-order valence-electron chi connectivity index (χ2n) is 7.94. The van der Waals surface area contributed by atoms with E-state index < -0.39 is 11.8 Å². The first-order valence-corrected chi connectivity index (χ1v) is 11.0. The highest BCUT2D eigenvalue weighted by Crippen LogP contribution is 2.29. The third-order valence-corrected chi connectivity index (χ3v) is 4.85. The number of anilines is 1. The third-order valence-electron chi connectivity index (χ3n) is 4.85. The molecule has 0 aromatic heterocycles. The largest absolute Gasteiger partial charge is 0.490 e. The molecule has 0 unspecified atom stereocenters. The van der Waals surface area contributed by atoms with E-state index in [1.807, 2.05) is 58.0 Å². The van der Waals surface area contributed by atoms with Crippen LogP contribution in [0.25, 0.3) is 0 Å². The topological polar surface area (TPSA) is 89.0 Å². The van der Waals surface area contributed by atoms with Crippen LogP contribution in [0.1, 0.15) is 34.7 Å². The van der Waals surface area contributed by atoms with Gasteiger partial charge in [-0.2, -0.15) is 5.10 Å². The van der Waals surface area contributed by atoms with Crippen molar-refractivity contribution in [3.8, 4) is 11.5 Å². The van der Waals surface area contributed by atoms with E-state index in [0.29, 0.717) is 36.0 Å². The fraction of sp³-hybridized carbons (Fsp3) is 0.222. The van der Waals surface area contributed by atoms with Gasteiger partial charge >= 0.3 is 11.8 Å². The number of hydrogen-bond acceptors (Lipinski definition) is 5. The molecule has 0 saturated carbocycles. The average molecular weight is 460 g/mol. The lowest BCUT2D eigenvalue weighted by Crippen LogP contribution is -2.32. The van der Waals surface area contributed by atoms with Gasteiger partial charge in [-0.05, 0) is 80.3 Å². The minimum atomic E-state index is -0.863. The SMILES string of the molecule is CCOc1cc(/C=N/NC(=O)C(=O)Nc2cc(C)cc(C)c2)ccc1OCc1ccc(C)cc1. The van der Waals surface area contributed by atoms with Gasteiger partial charge < -0.3 is 14.8 Å². The molecular weight excluding hydrogens is 430 g/mol. The normalized spacial score (nSPS) is 10.7. The number of nitrogens with one attached hydrogen (secondary N) is 2. The molecule has 7 nitrogen and oxygen atoms in total. The van der Waals surface area contributed by atoms with Crippen LogP contribution in [0.2, 0.25) is 0 Å². The molecule has 2 amide bonds. The van der Waals surface area contributed by atoms with E-state index in [9.17, 15) is 9.59 Å². The first kappa shape index (κ1) is 24.5. The van der Waals surface area contributed by atoms with Crippen molar-refractivity contribution >= 4 is 23.7 Å². The van der Waals surface area contributed by atoms with Gasteiger partial charge in [0.2, 0.25) is 0 Å². The van der Waals surface area contributed by atoms with Crippen molar-refractivity contribution in [3.63, 3.8) is 0 Å². The van der Waals surface area contributed by atoms with E-state index >= 15 is 0 Å². The predicted molar refractivity (Wildman–Crippen MR) is 133 cm³/mol. The van der Waals surface area contributed by atoms with Gasteiger partial charge in [0.25, 0.3) is 0 Å². The smallest absolute Gasteiger partial charge is 0.329 e. The summed E-state index contributed by atoms with van der Waals surface area (Å²) in [7, 11) is 0. The highest BCUT2D eigenvalue weighted by Gasteiger charge is 2.13. The number of carbonyl (C=O) groups excluding carboxylic acids is 2. The van der Waals surface area contributed by atoms with Gasteiger partial charge in [-0.25, -0.2) is 5.43 Å². The first-order valence-electron chi connectivity index (χ1n) is 11.0. The molecular formula is C27H29N3O4. The number of amides is 2. The zero-order valence-electron chi connectivity index (χ0n) is 19.8. The molecule has 0 aliphatic carbocycles. The molecule has 0 fully saturated rings. The molecule has 0 aliphatic heterocycles. The maximum absolute atomic E-state index is 12.1. The van der Waals surface area contributed by atoms with Crippen molar-refractivity contribution in [1.82, 2.24) is 5.43 Å². The number of rotatable bonds is 8. The minimum absolute atomic E-state index is 0.416. The Hall–Kier alpha value is -4.13. The van der Waals surface area contributed by atoms with Crippen molar-refractivity contribution in [3.05, 3.63) is 88.5 Å². The third kappa shape index (κ3) is 7.20. The zero-order valence-corrected chi connectivity index (χ0v) is 19.8. The van der Waals surface area contributed by atoms with Crippen LogP contribution in [0.15, 0.2) is 65.8 Å². The Kier molecular flexibility index (Phi) is 8.40. The molecule has 0 aliphatic rings. The van der Waals surface area contributed by atoms with Crippen molar-refractivity contribution in [1.29, 1.82) is 0 Å². The monoisotopic (exact) mass is 459 g/mol. The van der Waals surface area contributed by atoms with Crippen molar-refractivity contribution in [2.24, 2.45) is 5.10 Å². The molecule has 0 spiro atoms. The molecule has 176 valence electrons. The molecule has 3 aromatic rings. The Morgan fingerprint density at radius 3 is 2.21 bits per heavy atom. The van der Waals surface area contributed by atoms with Gasteiger partial charge in [-0.3, -0.25) is 9.59 Å². The summed E-state index contributed by atoms with van der Waals surface area (Å²) < 4.78 is 11.6. The van der Waals surface area contributed by atoms with Gasteiger partial charge in [-0.1, -0.05) is 35.9 Å². The van der Waals surface area contributed by atoms with Crippen LogP contribution in [0, 0.1) is 20.8 Å². The maximum Gasteiger partial charge on any atom is 0.329 e. The number of carbonyl (C=O) groups is 2. The summed E-state index contributed by atoms with van der Waals surface area (Å²) in [5.74, 6) is -0.482. The zero-order chi connectivity index (χ0) is 24.5. The Morgan fingerprint density at radius 2 is 1.53 bits per heavy atom. The highest BCUT2D eigenvalue weighted by molar-refractivity contribution is 6.39. The van der Waals surface area contributed by atoms with Gasteiger partial charge in [0.15, 0.2) is 11.5 Å². The molecule has 3 rings (SSSR count). The lowest BCUT2D eigenvalue weighted by molar-refractivity contribution is -0.136. The lowest BCUT2D eigenvalue weighted by atomic mass is 10.1. The molecule has 0 heterocycles. The summed E-state index contributed by atoms with van der Waals surface area (Å²) in [5, 5.41) is 6.46. The quantitative estimate of drug-likeness (QED) is 0.291. The second-order valence-corrected chi connectivity index (χ2v) is 7.94. The number of hydrazone groups is 1. The van der Waals surface area contributed by atoms with E-state index in [1.54, 1.807) is 30.3 Å². The van der Waals surface area contributed by atoms with Crippen LogP contribution >= 0.6 is 0 Å². The number of nitrogens with zero attached hydrogens (tertiary/aromatic N) is 1. The summed E-state index contributed by atoms with van der Waals surface area (Å²) in [6.45, 7) is 8.65. The number of hydrogen-bond donors (Lipinski definition) is 2. The Balaban J connectivity index is 1.59. The maximum atomic E-state index is 12.1. The molecule has 7 heteroatoms. The molecule has 0 bridgehead atoms. The summed E-state index contributed by atoms with van der Waals surface area (Å²) in [6, 6.07) is 19.0. The van der Waals surface area contributed by atoms with Crippen LogP contribution in [0.5, 0.6) is 11.5 Å². The fourth-order valence-electron chi connectivity index (χ4n) is 3.29. The van der Waals surface area contributed by atoms with Crippen LogP contribution in [0.3, 0.4) is 0 Å². The van der Waals surface area contributed by atoms with Gasteiger partial charge in [-0.15, -0.1) is 0 Å². The number of ether oxygens (including phenoxy) is 2. The standard InChI is InChI=1S/C27H29N3O4/c1-5-33-25-15-22(10-11-24(25)34-17-21-8-6-18(2)7-9-21)16-28-30-27(32)26(31)29-23-13-19(3)12-20(4)14-23/h6-16H,5,17H2,1-4H3,(H,29,31)(H,30,32)/b28-16+. The fourth-order valence-corrected chi connectivity index (χ4v) is 3.29. The van der Waals surface area contributed by atoms with Crippen LogP contribution < -0.4 is 20.2 Å². The molecule has 3 aromatic carbocycles. The number of aryl methyl sites for hydroxylation is 3. The summed E-state index contributed by atoms with van der Waals surface area (Å²) >= 11 is 0. The Morgan fingerprint density at radius 1 is 0.824 bits per heavy atom.